The van der Waals surface area contributed by atoms with Crippen molar-refractivity contribution >= 4 is 17.5 Å². The molecule has 32 heavy (non-hydrogen) atoms. The molecule has 166 valence electrons. The van der Waals surface area contributed by atoms with Crippen LogP contribution in [-0.2, 0) is 4.74 Å². The maximum Gasteiger partial charge on any atom is 0.257 e. The molecule has 6 heteroatoms. The van der Waals surface area contributed by atoms with Crippen LogP contribution >= 0.6 is 0 Å². The Morgan fingerprint density at radius 2 is 1.62 bits per heavy atom. The van der Waals surface area contributed by atoms with Gasteiger partial charge in [-0.3, -0.25) is 9.59 Å². The lowest BCUT2D eigenvalue weighted by Gasteiger charge is -2.27. The number of carbonyl (C=O) groups excluding carboxylic acids is 2. The summed E-state index contributed by atoms with van der Waals surface area (Å²) in [7, 11) is 0. The largest absolute Gasteiger partial charge is 0.378 e. The molecule has 0 radical (unpaired) electrons. The first-order chi connectivity index (χ1) is 15.4. The van der Waals surface area contributed by atoms with Gasteiger partial charge in [0.25, 0.3) is 11.8 Å². The van der Waals surface area contributed by atoms with Crippen molar-refractivity contribution in [2.24, 2.45) is 0 Å². The molecule has 4 rings (SSSR count). The van der Waals surface area contributed by atoms with E-state index in [4.69, 9.17) is 4.74 Å². The number of anilines is 1. The Labute approximate surface area is 188 Å². The molecule has 0 bridgehead atoms. The van der Waals surface area contributed by atoms with Crippen LogP contribution in [0.4, 0.5) is 5.69 Å². The van der Waals surface area contributed by atoms with Crippen LogP contribution in [0.15, 0.2) is 48.5 Å². The van der Waals surface area contributed by atoms with Gasteiger partial charge < -0.3 is 19.5 Å². The average Bonchev–Trinajstić information content (AvgIpc) is 3.09. The number of hydrogen-bond donors (Lipinski definition) is 1. The Morgan fingerprint density at radius 1 is 0.906 bits per heavy atom. The number of rotatable bonds is 4. The van der Waals surface area contributed by atoms with Crippen LogP contribution in [0.1, 0.15) is 43.2 Å². The van der Waals surface area contributed by atoms with Crippen molar-refractivity contribution in [3.05, 3.63) is 82.2 Å². The van der Waals surface area contributed by atoms with Crippen molar-refractivity contribution in [2.45, 2.75) is 27.7 Å². The first kappa shape index (κ1) is 21.8. The minimum Gasteiger partial charge on any atom is -0.378 e. The number of hydrogen-bond acceptors (Lipinski definition) is 3. The fraction of sp³-hybridized carbons (Fsp3) is 0.308. The Morgan fingerprint density at radius 3 is 2.34 bits per heavy atom. The second kappa shape index (κ2) is 9.01. The van der Waals surface area contributed by atoms with E-state index >= 15 is 0 Å². The van der Waals surface area contributed by atoms with Gasteiger partial charge >= 0.3 is 0 Å². The van der Waals surface area contributed by atoms with E-state index in [9.17, 15) is 9.59 Å². The Kier molecular flexibility index (Phi) is 6.15. The van der Waals surface area contributed by atoms with E-state index in [1.807, 2.05) is 57.2 Å². The Balaban J connectivity index is 1.60. The molecule has 1 aromatic heterocycles. The lowest BCUT2D eigenvalue weighted by molar-refractivity contribution is 0.0302. The second-order valence-corrected chi connectivity index (χ2v) is 8.30. The molecule has 0 saturated carbocycles. The number of morpholine rings is 1. The summed E-state index contributed by atoms with van der Waals surface area (Å²) in [5.41, 5.74) is 6.71. The van der Waals surface area contributed by atoms with Crippen LogP contribution in [-0.4, -0.2) is 47.6 Å². The van der Waals surface area contributed by atoms with E-state index in [0.717, 1.165) is 22.6 Å². The highest BCUT2D eigenvalue weighted by Crippen LogP contribution is 2.25. The molecular weight excluding hydrogens is 402 g/mol. The van der Waals surface area contributed by atoms with E-state index in [0.29, 0.717) is 43.1 Å². The maximum atomic E-state index is 13.2. The number of ether oxygens (including phenoxy) is 1. The van der Waals surface area contributed by atoms with Crippen LogP contribution in [0.25, 0.3) is 5.69 Å². The van der Waals surface area contributed by atoms with Gasteiger partial charge in [0.15, 0.2) is 0 Å². The van der Waals surface area contributed by atoms with Gasteiger partial charge in [-0.05, 0) is 69.2 Å². The van der Waals surface area contributed by atoms with Gasteiger partial charge in [-0.15, -0.1) is 0 Å². The fourth-order valence-corrected chi connectivity index (χ4v) is 4.29. The quantitative estimate of drug-likeness (QED) is 0.664. The van der Waals surface area contributed by atoms with Crippen molar-refractivity contribution < 1.29 is 14.3 Å². The van der Waals surface area contributed by atoms with E-state index in [-0.39, 0.29) is 11.8 Å². The summed E-state index contributed by atoms with van der Waals surface area (Å²) in [6.07, 6.45) is 0. The standard InChI is InChI=1S/C26H29N3O3/c1-17-7-5-8-21(15-17)29-18(2)16-23(20(29)4)25(30)27-24-10-6-9-22(19(24)3)26(31)28-11-13-32-14-12-28/h5-10,15-16H,11-14H2,1-4H3,(H,27,30). The summed E-state index contributed by atoms with van der Waals surface area (Å²) in [5.74, 6) is -0.212. The molecule has 2 amide bonds. The molecule has 6 nitrogen and oxygen atoms in total. The van der Waals surface area contributed by atoms with Gasteiger partial charge in [0, 0.05) is 41.4 Å². The molecule has 1 aliphatic rings. The van der Waals surface area contributed by atoms with Gasteiger partial charge in [0.05, 0.1) is 18.8 Å². The third-order valence-corrected chi connectivity index (χ3v) is 6.05. The SMILES string of the molecule is Cc1cccc(-n2c(C)cc(C(=O)Nc3cccc(C(=O)N4CCOCC4)c3C)c2C)c1. The summed E-state index contributed by atoms with van der Waals surface area (Å²) < 4.78 is 7.44. The molecule has 0 unspecified atom stereocenters. The lowest BCUT2D eigenvalue weighted by Crippen LogP contribution is -2.41. The monoisotopic (exact) mass is 431 g/mol. The third-order valence-electron chi connectivity index (χ3n) is 6.05. The molecule has 0 aliphatic carbocycles. The van der Waals surface area contributed by atoms with Crippen molar-refractivity contribution in [3.8, 4) is 5.69 Å². The number of nitrogens with zero attached hydrogens (tertiary/aromatic N) is 2. The summed E-state index contributed by atoms with van der Waals surface area (Å²) >= 11 is 0. The van der Waals surface area contributed by atoms with Crippen molar-refractivity contribution in [1.29, 1.82) is 0 Å². The molecule has 0 spiro atoms. The second-order valence-electron chi connectivity index (χ2n) is 8.30. The molecule has 2 heterocycles. The fourth-order valence-electron chi connectivity index (χ4n) is 4.29. The van der Waals surface area contributed by atoms with Crippen LogP contribution in [0, 0.1) is 27.7 Å². The van der Waals surface area contributed by atoms with E-state index in [2.05, 4.69) is 28.9 Å². The number of benzene rings is 2. The highest BCUT2D eigenvalue weighted by Gasteiger charge is 2.22. The summed E-state index contributed by atoms with van der Waals surface area (Å²) in [6.45, 7) is 10.2. The molecule has 1 fully saturated rings. The lowest BCUT2D eigenvalue weighted by atomic mass is 10.0. The molecule has 2 aromatic carbocycles. The third kappa shape index (κ3) is 4.18. The maximum absolute atomic E-state index is 13.2. The first-order valence-electron chi connectivity index (χ1n) is 10.9. The van der Waals surface area contributed by atoms with Gasteiger partial charge in [0.1, 0.15) is 0 Å². The Hall–Kier alpha value is -3.38. The van der Waals surface area contributed by atoms with Crippen molar-refractivity contribution in [2.75, 3.05) is 31.6 Å². The summed E-state index contributed by atoms with van der Waals surface area (Å²) in [5, 5.41) is 3.02. The van der Waals surface area contributed by atoms with Gasteiger partial charge in [-0.1, -0.05) is 18.2 Å². The predicted molar refractivity (Wildman–Crippen MR) is 126 cm³/mol. The Bertz CT molecular complexity index is 1170. The van der Waals surface area contributed by atoms with E-state index in [1.165, 1.54) is 5.56 Å². The topological polar surface area (TPSA) is 63.6 Å². The van der Waals surface area contributed by atoms with Gasteiger partial charge in [0.2, 0.25) is 0 Å². The molecule has 1 aliphatic heterocycles. The number of nitrogens with one attached hydrogen (secondary N) is 1. The highest BCUT2D eigenvalue weighted by atomic mass is 16.5. The molecular formula is C26H29N3O3. The zero-order valence-corrected chi connectivity index (χ0v) is 19.1. The summed E-state index contributed by atoms with van der Waals surface area (Å²) in [4.78, 5) is 28.0. The minimum atomic E-state index is -0.184. The molecule has 1 N–H and O–H groups in total. The number of carbonyl (C=O) groups is 2. The smallest absolute Gasteiger partial charge is 0.257 e. The zero-order chi connectivity index (χ0) is 22.8. The van der Waals surface area contributed by atoms with E-state index < -0.39 is 0 Å². The number of aromatic nitrogens is 1. The minimum absolute atomic E-state index is 0.0282. The predicted octanol–water partition coefficient (Wildman–Crippen LogP) is 4.44. The van der Waals surface area contributed by atoms with Gasteiger partial charge in [-0.2, -0.15) is 0 Å². The van der Waals surface area contributed by atoms with Crippen LogP contribution in [0.2, 0.25) is 0 Å². The van der Waals surface area contributed by atoms with Crippen LogP contribution < -0.4 is 5.32 Å². The highest BCUT2D eigenvalue weighted by molar-refractivity contribution is 6.07. The molecule has 0 atom stereocenters. The molecule has 3 aromatic rings. The zero-order valence-electron chi connectivity index (χ0n) is 19.1. The normalized spacial score (nSPS) is 13.8. The van der Waals surface area contributed by atoms with Crippen LogP contribution in [0.5, 0.6) is 0 Å². The van der Waals surface area contributed by atoms with Crippen molar-refractivity contribution in [1.82, 2.24) is 9.47 Å². The van der Waals surface area contributed by atoms with Gasteiger partial charge in [-0.25, -0.2) is 0 Å². The molecule has 1 saturated heterocycles. The number of amides is 2. The summed E-state index contributed by atoms with van der Waals surface area (Å²) in [6, 6.07) is 15.6. The van der Waals surface area contributed by atoms with E-state index in [1.54, 1.807) is 4.90 Å². The first-order valence-corrected chi connectivity index (χ1v) is 10.9. The van der Waals surface area contributed by atoms with Crippen molar-refractivity contribution in [3.63, 3.8) is 0 Å². The average molecular weight is 432 g/mol. The number of aryl methyl sites for hydroxylation is 2. The van der Waals surface area contributed by atoms with Crippen LogP contribution in [0.3, 0.4) is 0 Å².